The van der Waals surface area contributed by atoms with Crippen molar-refractivity contribution in [3.8, 4) is 6.07 Å². The fraction of sp³-hybridized carbons (Fsp3) is 0.800. The predicted octanol–water partition coefficient (Wildman–Crippen LogP) is 2.16. The van der Waals surface area contributed by atoms with Gasteiger partial charge >= 0.3 is 6.09 Å². The second kappa shape index (κ2) is 4.85. The van der Waals surface area contributed by atoms with Gasteiger partial charge in [-0.25, -0.2) is 4.79 Å². The summed E-state index contributed by atoms with van der Waals surface area (Å²) in [5.74, 6) is 0. The van der Waals surface area contributed by atoms with E-state index in [0.717, 1.165) is 0 Å². The summed E-state index contributed by atoms with van der Waals surface area (Å²) in [7, 11) is 0. The number of hydrogen-bond acceptors (Lipinski definition) is 3. The SMILES string of the molecule is CCN(C(=O)OC(C)(C)C)C(C)C#N. The molecule has 80 valence electrons. The predicted molar refractivity (Wildman–Crippen MR) is 53.7 cm³/mol. The van der Waals surface area contributed by atoms with Crippen LogP contribution in [-0.2, 0) is 4.74 Å². The highest BCUT2D eigenvalue weighted by Gasteiger charge is 2.24. The van der Waals surface area contributed by atoms with Gasteiger partial charge in [-0.2, -0.15) is 5.26 Å². The summed E-state index contributed by atoms with van der Waals surface area (Å²) < 4.78 is 5.15. The minimum atomic E-state index is -0.514. The van der Waals surface area contributed by atoms with Crippen molar-refractivity contribution < 1.29 is 9.53 Å². The first-order valence-corrected chi connectivity index (χ1v) is 4.71. The van der Waals surface area contributed by atoms with Gasteiger partial charge in [-0.05, 0) is 34.6 Å². The number of nitrogens with zero attached hydrogens (tertiary/aromatic N) is 2. The lowest BCUT2D eigenvalue weighted by Crippen LogP contribution is -2.41. The Balaban J connectivity index is 4.42. The van der Waals surface area contributed by atoms with Crippen molar-refractivity contribution in [2.45, 2.75) is 46.3 Å². The van der Waals surface area contributed by atoms with Crippen LogP contribution < -0.4 is 0 Å². The van der Waals surface area contributed by atoms with Gasteiger partial charge in [-0.1, -0.05) is 0 Å². The fourth-order valence-electron chi connectivity index (χ4n) is 0.951. The number of carbonyl (C=O) groups excluding carboxylic acids is 1. The molecule has 0 radical (unpaired) electrons. The van der Waals surface area contributed by atoms with Crippen LogP contribution in [0.3, 0.4) is 0 Å². The number of rotatable bonds is 2. The van der Waals surface area contributed by atoms with Crippen molar-refractivity contribution >= 4 is 6.09 Å². The maximum Gasteiger partial charge on any atom is 0.411 e. The third kappa shape index (κ3) is 4.13. The van der Waals surface area contributed by atoms with Gasteiger partial charge in [0.05, 0.1) is 6.07 Å². The van der Waals surface area contributed by atoms with Crippen molar-refractivity contribution in [1.82, 2.24) is 4.90 Å². The molecule has 0 N–H and O–H groups in total. The van der Waals surface area contributed by atoms with Crippen molar-refractivity contribution in [2.75, 3.05) is 6.54 Å². The molecule has 1 amide bonds. The molecule has 0 saturated heterocycles. The first-order valence-electron chi connectivity index (χ1n) is 4.71. The molecule has 14 heavy (non-hydrogen) atoms. The summed E-state index contributed by atoms with van der Waals surface area (Å²) >= 11 is 0. The summed E-state index contributed by atoms with van der Waals surface area (Å²) in [6.45, 7) is 9.37. The molecule has 0 aromatic carbocycles. The quantitative estimate of drug-likeness (QED) is 0.683. The van der Waals surface area contributed by atoms with Crippen LogP contribution in [0.5, 0.6) is 0 Å². The molecule has 0 saturated carbocycles. The number of nitriles is 1. The van der Waals surface area contributed by atoms with Gasteiger partial charge in [0.25, 0.3) is 0 Å². The molecule has 0 aliphatic heterocycles. The molecular formula is C10H18N2O2. The van der Waals surface area contributed by atoms with E-state index in [1.807, 2.05) is 13.0 Å². The van der Waals surface area contributed by atoms with E-state index in [9.17, 15) is 4.79 Å². The average Bonchev–Trinajstić information content (AvgIpc) is 2.01. The molecule has 0 aromatic heterocycles. The summed E-state index contributed by atoms with van der Waals surface area (Å²) in [6, 6.07) is 1.56. The van der Waals surface area contributed by atoms with Crippen molar-refractivity contribution in [3.63, 3.8) is 0 Å². The van der Waals surface area contributed by atoms with Crippen LogP contribution >= 0.6 is 0 Å². The smallest absolute Gasteiger partial charge is 0.411 e. The molecule has 0 aliphatic rings. The molecule has 4 nitrogen and oxygen atoms in total. The Kier molecular flexibility index (Phi) is 4.42. The molecule has 0 aromatic rings. The van der Waals surface area contributed by atoms with E-state index in [1.54, 1.807) is 27.7 Å². The molecule has 0 fully saturated rings. The second-order valence-electron chi connectivity index (χ2n) is 4.07. The standard InChI is InChI=1S/C10H18N2O2/c1-6-12(8(2)7-11)9(13)14-10(3,4)5/h8H,6H2,1-5H3. The minimum Gasteiger partial charge on any atom is -0.444 e. The summed E-state index contributed by atoms with van der Waals surface area (Å²) in [6.07, 6.45) is -0.436. The topological polar surface area (TPSA) is 53.3 Å². The Bertz CT molecular complexity index is 237. The van der Waals surface area contributed by atoms with Crippen LogP contribution in [0.4, 0.5) is 4.79 Å². The van der Waals surface area contributed by atoms with E-state index in [-0.39, 0.29) is 0 Å². The highest BCUT2D eigenvalue weighted by molar-refractivity contribution is 5.68. The van der Waals surface area contributed by atoms with Gasteiger partial charge in [0.2, 0.25) is 0 Å². The largest absolute Gasteiger partial charge is 0.444 e. The van der Waals surface area contributed by atoms with Gasteiger partial charge < -0.3 is 4.74 Å². The van der Waals surface area contributed by atoms with Crippen LogP contribution in [0.15, 0.2) is 0 Å². The monoisotopic (exact) mass is 198 g/mol. The van der Waals surface area contributed by atoms with Gasteiger partial charge in [0, 0.05) is 6.54 Å². The Morgan fingerprint density at radius 2 is 2.07 bits per heavy atom. The molecule has 0 rings (SSSR count). The van der Waals surface area contributed by atoms with Gasteiger partial charge in [-0.3, -0.25) is 4.90 Å². The Hall–Kier alpha value is -1.24. The third-order valence-electron chi connectivity index (χ3n) is 1.62. The molecule has 4 heteroatoms. The van der Waals surface area contributed by atoms with Gasteiger partial charge in [0.1, 0.15) is 11.6 Å². The van der Waals surface area contributed by atoms with Crippen molar-refractivity contribution in [3.05, 3.63) is 0 Å². The van der Waals surface area contributed by atoms with E-state index < -0.39 is 17.7 Å². The Labute approximate surface area is 85.5 Å². The zero-order valence-corrected chi connectivity index (χ0v) is 9.50. The van der Waals surface area contributed by atoms with Crippen LogP contribution in [0, 0.1) is 11.3 Å². The Morgan fingerprint density at radius 1 is 1.57 bits per heavy atom. The lowest BCUT2D eigenvalue weighted by Gasteiger charge is -2.27. The molecule has 0 spiro atoms. The normalized spacial score (nSPS) is 12.9. The zero-order chi connectivity index (χ0) is 11.4. The number of carbonyl (C=O) groups is 1. The van der Waals surface area contributed by atoms with Crippen LogP contribution in [0.2, 0.25) is 0 Å². The van der Waals surface area contributed by atoms with Crippen LogP contribution in [-0.4, -0.2) is 29.2 Å². The van der Waals surface area contributed by atoms with E-state index >= 15 is 0 Å². The van der Waals surface area contributed by atoms with Crippen LogP contribution in [0.1, 0.15) is 34.6 Å². The highest BCUT2D eigenvalue weighted by Crippen LogP contribution is 2.11. The molecular weight excluding hydrogens is 180 g/mol. The first kappa shape index (κ1) is 12.8. The van der Waals surface area contributed by atoms with Crippen LogP contribution in [0.25, 0.3) is 0 Å². The second-order valence-corrected chi connectivity index (χ2v) is 4.07. The summed E-state index contributed by atoms with van der Waals surface area (Å²) in [5, 5.41) is 8.68. The maximum absolute atomic E-state index is 11.5. The molecule has 0 bridgehead atoms. The first-order chi connectivity index (χ1) is 6.31. The molecule has 0 aliphatic carbocycles. The van der Waals surface area contributed by atoms with Crippen molar-refractivity contribution in [1.29, 1.82) is 5.26 Å². The Morgan fingerprint density at radius 3 is 2.36 bits per heavy atom. The zero-order valence-electron chi connectivity index (χ0n) is 9.50. The van der Waals surface area contributed by atoms with Gasteiger partial charge in [-0.15, -0.1) is 0 Å². The minimum absolute atomic E-state index is 0.436. The molecule has 1 unspecified atom stereocenters. The summed E-state index contributed by atoms with van der Waals surface area (Å²) in [5.41, 5.74) is -0.514. The van der Waals surface area contributed by atoms with Crippen molar-refractivity contribution in [2.24, 2.45) is 0 Å². The molecule has 1 atom stereocenters. The lowest BCUT2D eigenvalue weighted by atomic mass is 10.2. The third-order valence-corrected chi connectivity index (χ3v) is 1.62. The number of amides is 1. The van der Waals surface area contributed by atoms with E-state index in [0.29, 0.717) is 6.54 Å². The maximum atomic E-state index is 11.5. The lowest BCUT2D eigenvalue weighted by molar-refractivity contribution is 0.0228. The van der Waals surface area contributed by atoms with Gasteiger partial charge in [0.15, 0.2) is 0 Å². The number of ether oxygens (including phenoxy) is 1. The van der Waals surface area contributed by atoms with E-state index in [1.165, 1.54) is 4.90 Å². The average molecular weight is 198 g/mol. The number of hydrogen-bond donors (Lipinski definition) is 0. The van der Waals surface area contributed by atoms with E-state index in [2.05, 4.69) is 0 Å². The molecule has 0 heterocycles. The van der Waals surface area contributed by atoms with E-state index in [4.69, 9.17) is 10.00 Å². The summed E-state index contributed by atoms with van der Waals surface area (Å²) in [4.78, 5) is 12.9. The fourth-order valence-corrected chi connectivity index (χ4v) is 0.951. The highest BCUT2D eigenvalue weighted by atomic mass is 16.6.